The fraction of sp³-hybridized carbons (Fsp3) is 0.429. The minimum absolute atomic E-state index is 0.0495. The quantitative estimate of drug-likeness (QED) is 0.759. The number of nitrogens with one attached hydrogen (secondary N) is 2. The van der Waals surface area contributed by atoms with Crippen molar-refractivity contribution in [3.05, 3.63) is 59.7 Å². The molecule has 2 N–H and O–H groups in total. The van der Waals surface area contributed by atoms with Gasteiger partial charge in [0.15, 0.2) is 0 Å². The van der Waals surface area contributed by atoms with Crippen LogP contribution in [0.1, 0.15) is 54.4 Å². The maximum Gasteiger partial charge on any atom is 0.253 e. The molecule has 1 fully saturated rings. The van der Waals surface area contributed by atoms with E-state index in [0.717, 1.165) is 30.5 Å². The Morgan fingerprint density at radius 1 is 1.08 bits per heavy atom. The minimum Gasteiger partial charge on any atom is -0.383 e. The van der Waals surface area contributed by atoms with Gasteiger partial charge >= 0.3 is 0 Å². The Kier molecular flexibility index (Phi) is 6.58. The number of carbonyl (C=O) groups excluding carboxylic acids is 1. The van der Waals surface area contributed by atoms with Crippen LogP contribution in [0.3, 0.4) is 0 Å². The predicted octanol–water partition coefficient (Wildman–Crippen LogP) is 4.33. The van der Waals surface area contributed by atoms with E-state index in [2.05, 4.69) is 15.6 Å². The predicted molar refractivity (Wildman–Crippen MR) is 102 cm³/mol. The van der Waals surface area contributed by atoms with Crippen LogP contribution in [0.5, 0.6) is 0 Å². The molecule has 0 bridgehead atoms. The number of rotatable bonds is 6. The highest BCUT2D eigenvalue weighted by molar-refractivity contribution is 5.94. The Labute approximate surface area is 154 Å². The van der Waals surface area contributed by atoms with E-state index in [1.807, 2.05) is 6.07 Å². The number of nitrogens with zero attached hydrogens (tertiary/aromatic N) is 1. The third kappa shape index (κ3) is 5.55. The topological polar surface area (TPSA) is 54.0 Å². The van der Waals surface area contributed by atoms with Crippen molar-refractivity contribution in [3.63, 3.8) is 0 Å². The largest absolute Gasteiger partial charge is 0.383 e. The summed E-state index contributed by atoms with van der Waals surface area (Å²) < 4.78 is 12.9. The summed E-state index contributed by atoms with van der Waals surface area (Å²) in [5, 5.41) is 6.43. The van der Waals surface area contributed by atoms with Gasteiger partial charge in [-0.1, -0.05) is 37.8 Å². The Hall–Kier alpha value is -2.43. The summed E-state index contributed by atoms with van der Waals surface area (Å²) in [6.07, 6.45) is 11.1. The van der Waals surface area contributed by atoms with Gasteiger partial charge in [0.25, 0.3) is 5.91 Å². The molecule has 5 heteroatoms. The molecule has 1 aliphatic carbocycles. The molecule has 0 aliphatic heterocycles. The van der Waals surface area contributed by atoms with Gasteiger partial charge in [0.2, 0.25) is 0 Å². The lowest BCUT2D eigenvalue weighted by Crippen LogP contribution is -2.34. The summed E-state index contributed by atoms with van der Waals surface area (Å²) in [5.41, 5.74) is 2.47. The summed E-state index contributed by atoms with van der Waals surface area (Å²) in [5.74, 6) is -0.273. The van der Waals surface area contributed by atoms with Crippen molar-refractivity contribution >= 4 is 11.6 Å². The first-order valence-electron chi connectivity index (χ1n) is 9.45. The van der Waals surface area contributed by atoms with Gasteiger partial charge in [-0.3, -0.25) is 9.78 Å². The number of anilines is 1. The normalized spacial score (nSPS) is 15.3. The van der Waals surface area contributed by atoms with Crippen molar-refractivity contribution in [1.82, 2.24) is 10.3 Å². The highest BCUT2D eigenvalue weighted by atomic mass is 19.1. The van der Waals surface area contributed by atoms with Crippen molar-refractivity contribution in [1.29, 1.82) is 0 Å². The fourth-order valence-corrected chi connectivity index (χ4v) is 3.36. The number of aromatic nitrogens is 1. The molecular weight excluding hydrogens is 329 g/mol. The van der Waals surface area contributed by atoms with Gasteiger partial charge in [0.05, 0.1) is 11.3 Å². The number of amides is 1. The zero-order valence-electron chi connectivity index (χ0n) is 15.0. The summed E-state index contributed by atoms with van der Waals surface area (Å²) in [7, 11) is 0. The molecule has 1 aromatic carbocycles. The number of pyridine rings is 1. The highest BCUT2D eigenvalue weighted by Crippen LogP contribution is 2.18. The maximum atomic E-state index is 12.9. The van der Waals surface area contributed by atoms with Gasteiger partial charge in [0, 0.05) is 25.0 Å². The molecule has 1 amide bonds. The van der Waals surface area contributed by atoms with Crippen molar-refractivity contribution in [2.75, 3.05) is 11.9 Å². The number of hydrogen-bond donors (Lipinski definition) is 2. The van der Waals surface area contributed by atoms with E-state index in [1.165, 1.54) is 37.8 Å². The molecule has 3 rings (SSSR count). The van der Waals surface area contributed by atoms with Crippen LogP contribution in [0, 0.1) is 5.82 Å². The zero-order chi connectivity index (χ0) is 18.2. The molecular formula is C21H26FN3O. The van der Waals surface area contributed by atoms with E-state index in [4.69, 9.17) is 0 Å². The molecule has 1 aliphatic rings. The summed E-state index contributed by atoms with van der Waals surface area (Å²) in [6, 6.07) is 8.62. The zero-order valence-corrected chi connectivity index (χ0v) is 15.0. The standard InChI is InChI=1S/C21H26FN3O/c22-18-9-7-16(8-10-18)11-12-24-20-13-17(14-23-15-20)21(26)25-19-5-3-1-2-4-6-19/h7-10,13-15,19,24H,1-6,11-12H2,(H,25,26). The van der Waals surface area contributed by atoms with Crippen LogP contribution >= 0.6 is 0 Å². The Bertz CT molecular complexity index is 709. The van der Waals surface area contributed by atoms with Crippen molar-refractivity contribution in [3.8, 4) is 0 Å². The number of benzene rings is 1. The van der Waals surface area contributed by atoms with Gasteiger partial charge in [0.1, 0.15) is 5.82 Å². The monoisotopic (exact) mass is 355 g/mol. The average molecular weight is 355 g/mol. The first kappa shape index (κ1) is 18.4. The van der Waals surface area contributed by atoms with E-state index >= 15 is 0 Å². The SMILES string of the molecule is O=C(NC1CCCCCC1)c1cncc(NCCc2ccc(F)cc2)c1. The summed E-state index contributed by atoms with van der Waals surface area (Å²) >= 11 is 0. The average Bonchev–Trinajstić information content (AvgIpc) is 2.92. The first-order chi connectivity index (χ1) is 12.7. The van der Waals surface area contributed by atoms with Crippen LogP contribution in [0.2, 0.25) is 0 Å². The number of halogens is 1. The molecule has 1 heterocycles. The van der Waals surface area contributed by atoms with Crippen LogP contribution in [0.4, 0.5) is 10.1 Å². The summed E-state index contributed by atoms with van der Waals surface area (Å²) in [6.45, 7) is 0.695. The van der Waals surface area contributed by atoms with Gasteiger partial charge in [-0.2, -0.15) is 0 Å². The van der Waals surface area contributed by atoms with Gasteiger partial charge in [-0.15, -0.1) is 0 Å². The third-order valence-electron chi connectivity index (χ3n) is 4.85. The molecule has 0 saturated heterocycles. The molecule has 4 nitrogen and oxygen atoms in total. The second-order valence-corrected chi connectivity index (χ2v) is 6.93. The molecule has 0 unspecified atom stereocenters. The number of hydrogen-bond acceptors (Lipinski definition) is 3. The minimum atomic E-state index is -0.224. The van der Waals surface area contributed by atoms with Gasteiger partial charge in [-0.25, -0.2) is 4.39 Å². The maximum absolute atomic E-state index is 12.9. The molecule has 0 radical (unpaired) electrons. The lowest BCUT2D eigenvalue weighted by atomic mass is 10.1. The highest BCUT2D eigenvalue weighted by Gasteiger charge is 2.16. The third-order valence-corrected chi connectivity index (χ3v) is 4.85. The van der Waals surface area contributed by atoms with Gasteiger partial charge in [-0.05, 0) is 43.0 Å². The van der Waals surface area contributed by atoms with E-state index in [-0.39, 0.29) is 17.8 Å². The van der Waals surface area contributed by atoms with Crippen molar-refractivity contribution in [2.24, 2.45) is 0 Å². The van der Waals surface area contributed by atoms with E-state index in [1.54, 1.807) is 24.5 Å². The lowest BCUT2D eigenvalue weighted by molar-refractivity contribution is 0.0933. The Morgan fingerprint density at radius 2 is 1.81 bits per heavy atom. The molecule has 2 aromatic rings. The van der Waals surface area contributed by atoms with Crippen molar-refractivity contribution in [2.45, 2.75) is 51.0 Å². The molecule has 26 heavy (non-hydrogen) atoms. The fourth-order valence-electron chi connectivity index (χ4n) is 3.36. The summed E-state index contributed by atoms with van der Waals surface area (Å²) in [4.78, 5) is 16.7. The Balaban J connectivity index is 1.51. The van der Waals surface area contributed by atoms with Crippen LogP contribution in [-0.4, -0.2) is 23.5 Å². The molecule has 1 saturated carbocycles. The van der Waals surface area contributed by atoms with Crippen LogP contribution < -0.4 is 10.6 Å². The molecule has 0 spiro atoms. The van der Waals surface area contributed by atoms with E-state index in [0.29, 0.717) is 12.1 Å². The smallest absolute Gasteiger partial charge is 0.253 e. The molecule has 138 valence electrons. The second kappa shape index (κ2) is 9.32. The lowest BCUT2D eigenvalue weighted by Gasteiger charge is -2.16. The Morgan fingerprint density at radius 3 is 2.54 bits per heavy atom. The van der Waals surface area contributed by atoms with E-state index < -0.39 is 0 Å². The first-order valence-corrected chi connectivity index (χ1v) is 9.45. The van der Waals surface area contributed by atoms with Crippen LogP contribution in [-0.2, 0) is 6.42 Å². The van der Waals surface area contributed by atoms with E-state index in [9.17, 15) is 9.18 Å². The number of carbonyl (C=O) groups is 1. The van der Waals surface area contributed by atoms with Crippen molar-refractivity contribution < 1.29 is 9.18 Å². The van der Waals surface area contributed by atoms with Gasteiger partial charge < -0.3 is 10.6 Å². The molecule has 0 atom stereocenters. The molecule has 1 aromatic heterocycles. The van der Waals surface area contributed by atoms with Crippen LogP contribution in [0.15, 0.2) is 42.7 Å². The van der Waals surface area contributed by atoms with Crippen LogP contribution in [0.25, 0.3) is 0 Å². The second-order valence-electron chi connectivity index (χ2n) is 6.93.